The van der Waals surface area contributed by atoms with Gasteiger partial charge in [0.2, 0.25) is 5.95 Å². The zero-order valence-electron chi connectivity index (χ0n) is 10.2. The average molecular weight is 304 g/mol. The predicted molar refractivity (Wildman–Crippen MR) is 68.3 cm³/mol. The lowest BCUT2D eigenvalue weighted by Crippen LogP contribution is -2.10. The lowest BCUT2D eigenvalue weighted by atomic mass is 10.3. The molecule has 0 saturated carbocycles. The number of hydrogen-bond acceptors (Lipinski definition) is 4. The van der Waals surface area contributed by atoms with Crippen molar-refractivity contribution in [3.8, 4) is 5.75 Å². The van der Waals surface area contributed by atoms with Gasteiger partial charge in [0, 0.05) is 12.3 Å². The Bertz CT molecular complexity index is 619. The summed E-state index contributed by atoms with van der Waals surface area (Å²) in [5.74, 6) is 0.304. The molecule has 0 aliphatic carbocycles. The van der Waals surface area contributed by atoms with Crippen molar-refractivity contribution in [1.82, 2.24) is 9.97 Å². The summed E-state index contributed by atoms with van der Waals surface area (Å²) < 4.78 is 42.6. The zero-order chi connectivity index (χ0) is 14.8. The molecular weight excluding hydrogens is 295 g/mol. The number of methoxy groups -OCH3 is 1. The zero-order valence-corrected chi connectivity index (χ0v) is 11.0. The second kappa shape index (κ2) is 5.54. The molecule has 20 heavy (non-hydrogen) atoms. The van der Waals surface area contributed by atoms with Gasteiger partial charge < -0.3 is 10.1 Å². The van der Waals surface area contributed by atoms with E-state index in [0.717, 1.165) is 12.3 Å². The molecule has 1 heterocycles. The minimum absolute atomic E-state index is 0.199. The molecule has 0 spiro atoms. The smallest absolute Gasteiger partial charge is 0.433 e. The minimum atomic E-state index is -4.53. The number of hydrogen-bond donors (Lipinski definition) is 1. The van der Waals surface area contributed by atoms with Crippen LogP contribution in [-0.2, 0) is 6.18 Å². The number of nitrogens with zero attached hydrogens (tertiary/aromatic N) is 2. The molecule has 2 aromatic rings. The van der Waals surface area contributed by atoms with E-state index in [1.807, 2.05) is 0 Å². The molecule has 1 aromatic heterocycles. The Kier molecular flexibility index (Phi) is 3.99. The molecular formula is C12H9ClF3N3O. The first-order chi connectivity index (χ1) is 9.40. The molecule has 0 saturated heterocycles. The van der Waals surface area contributed by atoms with Crippen molar-refractivity contribution in [2.75, 3.05) is 12.4 Å². The minimum Gasteiger partial charge on any atom is -0.497 e. The molecule has 1 N–H and O–H groups in total. The SMILES string of the molecule is COc1ccc(Cl)c(Nc2nccc(C(F)(F)F)n2)c1. The van der Waals surface area contributed by atoms with Crippen molar-refractivity contribution < 1.29 is 17.9 Å². The van der Waals surface area contributed by atoms with Crippen LogP contribution in [0.4, 0.5) is 24.8 Å². The highest BCUT2D eigenvalue weighted by atomic mass is 35.5. The molecule has 1 aromatic carbocycles. The van der Waals surface area contributed by atoms with Crippen LogP contribution in [0.5, 0.6) is 5.75 Å². The van der Waals surface area contributed by atoms with E-state index < -0.39 is 11.9 Å². The number of aromatic nitrogens is 2. The van der Waals surface area contributed by atoms with E-state index in [4.69, 9.17) is 16.3 Å². The molecule has 0 bridgehead atoms. The molecule has 0 aliphatic heterocycles. The summed E-state index contributed by atoms with van der Waals surface area (Å²) in [6, 6.07) is 5.50. The third-order valence-corrected chi connectivity index (χ3v) is 2.70. The molecule has 0 radical (unpaired) electrons. The van der Waals surface area contributed by atoms with Crippen molar-refractivity contribution in [2.45, 2.75) is 6.18 Å². The first-order valence-corrected chi connectivity index (χ1v) is 5.79. The number of alkyl halides is 3. The maximum atomic E-state index is 12.5. The van der Waals surface area contributed by atoms with E-state index in [0.29, 0.717) is 16.5 Å². The summed E-state index contributed by atoms with van der Waals surface area (Å²) in [5, 5.41) is 2.94. The van der Waals surface area contributed by atoms with Gasteiger partial charge >= 0.3 is 6.18 Å². The van der Waals surface area contributed by atoms with Crippen LogP contribution in [-0.4, -0.2) is 17.1 Å². The highest BCUT2D eigenvalue weighted by molar-refractivity contribution is 6.33. The van der Waals surface area contributed by atoms with Gasteiger partial charge in [-0.1, -0.05) is 11.6 Å². The van der Waals surface area contributed by atoms with Gasteiger partial charge in [0.05, 0.1) is 17.8 Å². The van der Waals surface area contributed by atoms with E-state index in [9.17, 15) is 13.2 Å². The van der Waals surface area contributed by atoms with Crippen LogP contribution >= 0.6 is 11.6 Å². The van der Waals surface area contributed by atoms with Crippen molar-refractivity contribution in [3.05, 3.63) is 41.2 Å². The van der Waals surface area contributed by atoms with Crippen LogP contribution in [0.15, 0.2) is 30.5 Å². The first-order valence-electron chi connectivity index (χ1n) is 5.41. The summed E-state index contributed by atoms with van der Waals surface area (Å²) in [6.07, 6.45) is -3.51. The van der Waals surface area contributed by atoms with Crippen LogP contribution in [0.25, 0.3) is 0 Å². The topological polar surface area (TPSA) is 47.0 Å². The van der Waals surface area contributed by atoms with Crippen LogP contribution in [0.1, 0.15) is 5.69 Å². The van der Waals surface area contributed by atoms with E-state index in [-0.39, 0.29) is 5.95 Å². The molecule has 0 fully saturated rings. The highest BCUT2D eigenvalue weighted by Gasteiger charge is 2.32. The number of nitrogens with one attached hydrogen (secondary N) is 1. The number of anilines is 2. The van der Waals surface area contributed by atoms with E-state index in [2.05, 4.69) is 15.3 Å². The Balaban J connectivity index is 2.30. The van der Waals surface area contributed by atoms with E-state index in [1.165, 1.54) is 13.2 Å². The third kappa shape index (κ3) is 3.30. The molecule has 8 heteroatoms. The number of rotatable bonds is 3. The van der Waals surface area contributed by atoms with Gasteiger partial charge in [-0.05, 0) is 18.2 Å². The van der Waals surface area contributed by atoms with Gasteiger partial charge in [0.1, 0.15) is 11.4 Å². The highest BCUT2D eigenvalue weighted by Crippen LogP contribution is 2.30. The van der Waals surface area contributed by atoms with Gasteiger partial charge in [-0.3, -0.25) is 0 Å². The summed E-state index contributed by atoms with van der Waals surface area (Å²) in [4.78, 5) is 7.11. The fourth-order valence-electron chi connectivity index (χ4n) is 1.42. The van der Waals surface area contributed by atoms with Crippen molar-refractivity contribution in [1.29, 1.82) is 0 Å². The van der Waals surface area contributed by atoms with Crippen molar-refractivity contribution >= 4 is 23.2 Å². The average Bonchev–Trinajstić information content (AvgIpc) is 2.41. The number of halogens is 4. The van der Waals surface area contributed by atoms with Crippen molar-refractivity contribution in [2.24, 2.45) is 0 Å². The van der Waals surface area contributed by atoms with E-state index in [1.54, 1.807) is 12.1 Å². The molecule has 106 valence electrons. The Morgan fingerprint density at radius 2 is 2.00 bits per heavy atom. The largest absolute Gasteiger partial charge is 0.497 e. The van der Waals surface area contributed by atoms with Crippen LogP contribution in [0.2, 0.25) is 5.02 Å². The van der Waals surface area contributed by atoms with Gasteiger partial charge in [-0.2, -0.15) is 13.2 Å². The monoisotopic (exact) mass is 303 g/mol. The summed E-state index contributed by atoms with van der Waals surface area (Å²) in [7, 11) is 1.47. The van der Waals surface area contributed by atoms with Gasteiger partial charge in [0.25, 0.3) is 0 Å². The molecule has 4 nitrogen and oxygen atoms in total. The van der Waals surface area contributed by atoms with Gasteiger partial charge in [-0.25, -0.2) is 9.97 Å². The van der Waals surface area contributed by atoms with Crippen LogP contribution < -0.4 is 10.1 Å². The maximum absolute atomic E-state index is 12.5. The standard InChI is InChI=1S/C12H9ClF3N3O/c1-20-7-2-3-8(13)9(6-7)18-11-17-5-4-10(19-11)12(14,15)16/h2-6H,1H3,(H,17,18,19). The molecule has 0 unspecified atom stereocenters. The Morgan fingerprint density at radius 3 is 2.65 bits per heavy atom. The summed E-state index contributed by atoms with van der Waals surface area (Å²) in [5.41, 5.74) is -0.681. The first kappa shape index (κ1) is 14.4. The fourth-order valence-corrected chi connectivity index (χ4v) is 1.59. The van der Waals surface area contributed by atoms with Crippen molar-refractivity contribution in [3.63, 3.8) is 0 Å². The maximum Gasteiger partial charge on any atom is 0.433 e. The molecule has 0 atom stereocenters. The number of benzene rings is 1. The second-order valence-corrected chi connectivity index (χ2v) is 4.14. The second-order valence-electron chi connectivity index (χ2n) is 3.73. The Hall–Kier alpha value is -2.02. The lowest BCUT2D eigenvalue weighted by molar-refractivity contribution is -0.141. The van der Waals surface area contributed by atoms with E-state index >= 15 is 0 Å². The molecule has 0 amide bonds. The normalized spacial score (nSPS) is 11.2. The quantitative estimate of drug-likeness (QED) is 0.934. The lowest BCUT2D eigenvalue weighted by Gasteiger charge is -2.10. The Morgan fingerprint density at radius 1 is 1.25 bits per heavy atom. The Labute approximate surface area is 117 Å². The summed E-state index contributed by atoms with van der Waals surface area (Å²) >= 11 is 5.94. The van der Waals surface area contributed by atoms with Gasteiger partial charge in [-0.15, -0.1) is 0 Å². The number of ether oxygens (including phenoxy) is 1. The van der Waals surface area contributed by atoms with Crippen LogP contribution in [0, 0.1) is 0 Å². The van der Waals surface area contributed by atoms with Gasteiger partial charge in [0.15, 0.2) is 0 Å². The predicted octanol–water partition coefficient (Wildman–Crippen LogP) is 3.90. The molecule has 2 rings (SSSR count). The van der Waals surface area contributed by atoms with Crippen LogP contribution in [0.3, 0.4) is 0 Å². The fraction of sp³-hybridized carbons (Fsp3) is 0.167. The third-order valence-electron chi connectivity index (χ3n) is 2.37. The molecule has 0 aliphatic rings. The summed E-state index contributed by atoms with van der Waals surface area (Å²) in [6.45, 7) is 0.